The largest absolute Gasteiger partial charge is 0.486 e. The number of benzene rings is 1. The molecule has 0 unspecified atom stereocenters. The molecule has 3 rings (SSSR count). The Morgan fingerprint density at radius 3 is 3.00 bits per heavy atom. The molecule has 2 atom stereocenters. The van der Waals surface area contributed by atoms with Crippen LogP contribution in [0.25, 0.3) is 0 Å². The highest BCUT2D eigenvalue weighted by molar-refractivity contribution is 5.90. The number of ether oxygens (including phenoxy) is 2. The van der Waals surface area contributed by atoms with Gasteiger partial charge in [0.1, 0.15) is 11.9 Å². The number of nitrogens with one attached hydrogen (secondary N) is 2. The lowest BCUT2D eigenvalue weighted by molar-refractivity contribution is 0.142. The zero-order valence-electron chi connectivity index (χ0n) is 13.6. The molecule has 6 nitrogen and oxygen atoms in total. The van der Waals surface area contributed by atoms with Gasteiger partial charge in [0.25, 0.3) is 0 Å². The zero-order chi connectivity index (χ0) is 16.1. The quantitative estimate of drug-likeness (QED) is 0.870. The summed E-state index contributed by atoms with van der Waals surface area (Å²) in [6.45, 7) is 4.19. The molecular weight excluding hydrogens is 294 g/mol. The second kappa shape index (κ2) is 7.66. The van der Waals surface area contributed by atoms with Crippen molar-refractivity contribution in [2.24, 2.45) is 5.92 Å². The summed E-state index contributed by atoms with van der Waals surface area (Å²) >= 11 is 0. The van der Waals surface area contributed by atoms with Crippen molar-refractivity contribution in [3.05, 3.63) is 24.3 Å². The average molecular weight is 319 g/mol. The first-order valence-electron chi connectivity index (χ1n) is 8.27. The highest BCUT2D eigenvalue weighted by atomic mass is 16.5. The first kappa shape index (κ1) is 16.1. The van der Waals surface area contributed by atoms with Crippen LogP contribution in [-0.4, -0.2) is 56.9 Å². The fourth-order valence-corrected chi connectivity index (χ4v) is 3.05. The van der Waals surface area contributed by atoms with E-state index in [1.54, 1.807) is 0 Å². The van der Waals surface area contributed by atoms with Gasteiger partial charge in [0, 0.05) is 19.5 Å². The number of anilines is 1. The van der Waals surface area contributed by atoms with Gasteiger partial charge in [0.05, 0.1) is 18.9 Å². The molecule has 2 aliphatic rings. The summed E-state index contributed by atoms with van der Waals surface area (Å²) in [5.41, 5.74) is 0.695. The van der Waals surface area contributed by atoms with E-state index in [1.807, 2.05) is 24.3 Å². The number of carbonyl (C=O) groups is 1. The van der Waals surface area contributed by atoms with Crippen LogP contribution in [0.3, 0.4) is 0 Å². The molecule has 2 saturated heterocycles. The van der Waals surface area contributed by atoms with Crippen LogP contribution in [0.1, 0.15) is 12.8 Å². The Morgan fingerprint density at radius 1 is 1.39 bits per heavy atom. The third kappa shape index (κ3) is 4.59. The summed E-state index contributed by atoms with van der Waals surface area (Å²) in [7, 11) is 2.11. The van der Waals surface area contributed by atoms with Gasteiger partial charge in [0.2, 0.25) is 0 Å². The highest BCUT2D eigenvalue weighted by Crippen LogP contribution is 2.26. The minimum Gasteiger partial charge on any atom is -0.486 e. The Labute approximate surface area is 137 Å². The number of rotatable bonds is 5. The SMILES string of the molecule is CN1CC[C@@H](CNC(=O)Nc2ccccc2O[C@H]2CCOC2)C1. The van der Waals surface area contributed by atoms with Gasteiger partial charge in [-0.15, -0.1) is 0 Å². The molecule has 2 fully saturated rings. The summed E-state index contributed by atoms with van der Waals surface area (Å²) in [5.74, 6) is 1.23. The summed E-state index contributed by atoms with van der Waals surface area (Å²) in [5, 5.41) is 5.85. The minimum atomic E-state index is -0.182. The lowest BCUT2D eigenvalue weighted by Crippen LogP contribution is -2.34. The van der Waals surface area contributed by atoms with Crippen LogP contribution >= 0.6 is 0 Å². The number of para-hydroxylation sites is 2. The Kier molecular flexibility index (Phi) is 5.35. The lowest BCUT2D eigenvalue weighted by atomic mass is 10.1. The second-order valence-corrected chi connectivity index (χ2v) is 6.35. The van der Waals surface area contributed by atoms with E-state index < -0.39 is 0 Å². The zero-order valence-corrected chi connectivity index (χ0v) is 13.6. The maximum atomic E-state index is 12.1. The van der Waals surface area contributed by atoms with Gasteiger partial charge in [-0.25, -0.2) is 4.79 Å². The van der Waals surface area contributed by atoms with Crippen LogP contribution in [0.5, 0.6) is 5.75 Å². The molecule has 0 bridgehead atoms. The van der Waals surface area contributed by atoms with Crippen molar-refractivity contribution in [3.8, 4) is 5.75 Å². The van der Waals surface area contributed by atoms with Crippen LogP contribution in [0, 0.1) is 5.92 Å². The van der Waals surface area contributed by atoms with Crippen molar-refractivity contribution in [3.63, 3.8) is 0 Å². The topological polar surface area (TPSA) is 62.8 Å². The number of hydrogen-bond acceptors (Lipinski definition) is 4. The number of hydrogen-bond donors (Lipinski definition) is 2. The van der Waals surface area contributed by atoms with E-state index in [0.717, 1.165) is 32.5 Å². The van der Waals surface area contributed by atoms with Crippen molar-refractivity contribution in [2.45, 2.75) is 18.9 Å². The number of carbonyl (C=O) groups excluding carboxylic acids is 1. The van der Waals surface area contributed by atoms with Crippen LogP contribution in [0.2, 0.25) is 0 Å². The first-order chi connectivity index (χ1) is 11.2. The molecule has 1 aromatic rings. The Morgan fingerprint density at radius 2 is 2.26 bits per heavy atom. The molecule has 126 valence electrons. The van der Waals surface area contributed by atoms with Gasteiger partial charge in [0.15, 0.2) is 0 Å². The van der Waals surface area contributed by atoms with E-state index in [2.05, 4.69) is 22.6 Å². The van der Waals surface area contributed by atoms with Gasteiger partial charge < -0.3 is 25.0 Å². The van der Waals surface area contributed by atoms with Crippen molar-refractivity contribution >= 4 is 11.7 Å². The molecule has 0 radical (unpaired) electrons. The average Bonchev–Trinajstić information content (AvgIpc) is 3.19. The Hall–Kier alpha value is -1.79. The van der Waals surface area contributed by atoms with Gasteiger partial charge in [-0.1, -0.05) is 12.1 Å². The molecule has 0 aromatic heterocycles. The van der Waals surface area contributed by atoms with Crippen LogP contribution in [0.4, 0.5) is 10.5 Å². The summed E-state index contributed by atoms with van der Waals surface area (Å²) < 4.78 is 11.3. The third-order valence-electron chi connectivity index (χ3n) is 4.36. The van der Waals surface area contributed by atoms with E-state index in [9.17, 15) is 4.79 Å². The summed E-state index contributed by atoms with van der Waals surface area (Å²) in [6, 6.07) is 7.34. The van der Waals surface area contributed by atoms with E-state index in [4.69, 9.17) is 9.47 Å². The highest BCUT2D eigenvalue weighted by Gasteiger charge is 2.21. The number of likely N-dealkylation sites (tertiary alicyclic amines) is 1. The maximum absolute atomic E-state index is 12.1. The van der Waals surface area contributed by atoms with Crippen LogP contribution < -0.4 is 15.4 Å². The Balaban J connectivity index is 1.51. The van der Waals surface area contributed by atoms with Crippen molar-refractivity contribution < 1.29 is 14.3 Å². The first-order valence-corrected chi connectivity index (χ1v) is 8.27. The van der Waals surface area contributed by atoms with Gasteiger partial charge in [-0.05, 0) is 38.1 Å². The minimum absolute atomic E-state index is 0.0648. The third-order valence-corrected chi connectivity index (χ3v) is 4.36. The second-order valence-electron chi connectivity index (χ2n) is 6.35. The van der Waals surface area contributed by atoms with E-state index in [1.165, 1.54) is 0 Å². The van der Waals surface area contributed by atoms with E-state index >= 15 is 0 Å². The maximum Gasteiger partial charge on any atom is 0.319 e. The molecule has 6 heteroatoms. The molecule has 0 spiro atoms. The van der Waals surface area contributed by atoms with Crippen molar-refractivity contribution in [1.82, 2.24) is 10.2 Å². The van der Waals surface area contributed by atoms with Crippen LogP contribution in [-0.2, 0) is 4.74 Å². The van der Waals surface area contributed by atoms with Crippen LogP contribution in [0.15, 0.2) is 24.3 Å². The summed E-state index contributed by atoms with van der Waals surface area (Å²) in [6.07, 6.45) is 2.09. The van der Waals surface area contributed by atoms with Crippen molar-refractivity contribution in [1.29, 1.82) is 0 Å². The fraction of sp³-hybridized carbons (Fsp3) is 0.588. The summed E-state index contributed by atoms with van der Waals surface area (Å²) in [4.78, 5) is 14.4. The number of amides is 2. The molecule has 1 aromatic carbocycles. The molecule has 2 amide bonds. The van der Waals surface area contributed by atoms with Gasteiger partial charge in [-0.2, -0.15) is 0 Å². The van der Waals surface area contributed by atoms with Gasteiger partial charge in [-0.3, -0.25) is 0 Å². The van der Waals surface area contributed by atoms with E-state index in [0.29, 0.717) is 30.5 Å². The number of urea groups is 1. The molecule has 2 heterocycles. The standard InChI is InChI=1S/C17H25N3O3/c1-20-8-6-13(11-20)10-18-17(21)19-15-4-2-3-5-16(15)23-14-7-9-22-12-14/h2-5,13-14H,6-12H2,1H3,(H2,18,19,21)/t13-,14-/m0/s1. The number of nitrogens with zero attached hydrogens (tertiary/aromatic N) is 1. The molecular formula is C17H25N3O3. The fourth-order valence-electron chi connectivity index (χ4n) is 3.05. The molecule has 23 heavy (non-hydrogen) atoms. The predicted octanol–water partition coefficient (Wildman–Crippen LogP) is 1.93. The molecule has 2 N–H and O–H groups in total. The van der Waals surface area contributed by atoms with Crippen molar-refractivity contribution in [2.75, 3.05) is 45.2 Å². The smallest absolute Gasteiger partial charge is 0.319 e. The Bertz CT molecular complexity index is 532. The molecule has 0 aliphatic carbocycles. The monoisotopic (exact) mass is 319 g/mol. The normalized spacial score (nSPS) is 24.6. The van der Waals surface area contributed by atoms with Gasteiger partial charge >= 0.3 is 6.03 Å². The van der Waals surface area contributed by atoms with E-state index in [-0.39, 0.29) is 12.1 Å². The molecule has 0 saturated carbocycles. The lowest BCUT2D eigenvalue weighted by Gasteiger charge is -2.17. The predicted molar refractivity (Wildman–Crippen MR) is 88.9 cm³/mol. The molecule has 2 aliphatic heterocycles.